The van der Waals surface area contributed by atoms with Crippen LogP contribution in [0.15, 0.2) is 24.5 Å². The van der Waals surface area contributed by atoms with Crippen LogP contribution in [0.2, 0.25) is 0 Å². The third-order valence-electron chi connectivity index (χ3n) is 4.34. The van der Waals surface area contributed by atoms with Crippen molar-refractivity contribution in [1.82, 2.24) is 15.3 Å². The minimum atomic E-state index is -0.766. The van der Waals surface area contributed by atoms with Crippen molar-refractivity contribution >= 4 is 17.7 Å². The monoisotopic (exact) mass is 599 g/mol. The number of ether oxygens (including phenoxy) is 1. The number of nitrogens with zero attached hydrogens (tertiary/aromatic N) is 2. The molecule has 3 rings (SSSR count). The van der Waals surface area contributed by atoms with E-state index in [0.29, 0.717) is 25.0 Å². The van der Waals surface area contributed by atoms with Crippen molar-refractivity contribution in [3.63, 3.8) is 0 Å². The Morgan fingerprint density at radius 2 is 1.80 bits per heavy atom. The Hall–Kier alpha value is -2.37. The maximum atomic E-state index is 13.7. The SMILES string of the molecule is CC(C)NC(=O)O[C@@H]1CC[C@H](c2cnc(Nc3c(F)c[c-]cc3F)nc2)C1.[NH2-].[O]=[Os]. The molecule has 2 aromatic rings. The molecule has 166 valence electrons. The zero-order chi connectivity index (χ0) is 21.4. The van der Waals surface area contributed by atoms with Crippen molar-refractivity contribution < 1.29 is 40.4 Å². The Morgan fingerprint density at radius 1 is 1.20 bits per heavy atom. The minimum absolute atomic E-state index is 0. The Kier molecular flexibility index (Phi) is 10.6. The number of halogens is 2. The van der Waals surface area contributed by atoms with E-state index in [-0.39, 0.29) is 35.8 Å². The summed E-state index contributed by atoms with van der Waals surface area (Å²) in [5, 5.41) is 5.25. The van der Waals surface area contributed by atoms with E-state index in [4.69, 9.17) is 8.28 Å². The Bertz CT molecular complexity index is 806. The zero-order valence-corrected chi connectivity index (χ0v) is 19.0. The van der Waals surface area contributed by atoms with Gasteiger partial charge >= 0.3 is 28.2 Å². The van der Waals surface area contributed by atoms with E-state index in [9.17, 15) is 13.6 Å². The fourth-order valence-corrected chi connectivity index (χ4v) is 3.06. The summed E-state index contributed by atoms with van der Waals surface area (Å²) in [7, 11) is 0. The molecule has 0 unspecified atom stereocenters. The van der Waals surface area contributed by atoms with Gasteiger partial charge in [0, 0.05) is 35.8 Å². The van der Waals surface area contributed by atoms with E-state index < -0.39 is 17.7 Å². The van der Waals surface area contributed by atoms with Crippen molar-refractivity contribution in [3.8, 4) is 0 Å². The summed E-state index contributed by atoms with van der Waals surface area (Å²) in [6.45, 7) is 3.74. The molecule has 30 heavy (non-hydrogen) atoms. The van der Waals surface area contributed by atoms with Gasteiger partial charge < -0.3 is 21.5 Å². The Morgan fingerprint density at radius 3 is 2.37 bits per heavy atom. The van der Waals surface area contributed by atoms with Gasteiger partial charge in [0.1, 0.15) is 6.10 Å². The van der Waals surface area contributed by atoms with Gasteiger partial charge in [0.25, 0.3) is 0 Å². The predicted octanol–water partition coefficient (Wildman–Crippen LogP) is 4.67. The fourth-order valence-electron chi connectivity index (χ4n) is 3.06. The molecular formula is C19H23F2N5O3Os-2. The molecule has 1 aromatic carbocycles. The first-order valence-corrected chi connectivity index (χ1v) is 10.0. The molecule has 1 aliphatic rings. The quantitative estimate of drug-likeness (QED) is 0.483. The molecule has 1 heterocycles. The molecule has 0 radical (unpaired) electrons. The first kappa shape index (κ1) is 25.7. The molecule has 0 saturated heterocycles. The van der Waals surface area contributed by atoms with Crippen LogP contribution < -0.4 is 10.6 Å². The van der Waals surface area contributed by atoms with Gasteiger partial charge in [0.15, 0.2) is 0 Å². The number of nitrogens with two attached hydrogens (primary N) is 1. The first-order chi connectivity index (χ1) is 13.9. The second-order valence-corrected chi connectivity index (χ2v) is 6.83. The molecule has 1 fully saturated rings. The van der Waals surface area contributed by atoms with E-state index in [2.05, 4.69) is 26.7 Å². The number of carbonyl (C=O) groups is 1. The summed E-state index contributed by atoms with van der Waals surface area (Å²) in [6, 6.07) is 4.46. The number of benzene rings is 1. The molecule has 8 nitrogen and oxygen atoms in total. The van der Waals surface area contributed by atoms with Gasteiger partial charge in [-0.05, 0) is 44.6 Å². The molecular weight excluding hydrogens is 574 g/mol. The molecule has 1 amide bonds. The van der Waals surface area contributed by atoms with Gasteiger partial charge in [-0.15, -0.1) is 12.1 Å². The summed E-state index contributed by atoms with van der Waals surface area (Å²) < 4.78 is 41.0. The third kappa shape index (κ3) is 7.15. The predicted molar refractivity (Wildman–Crippen MR) is 102 cm³/mol. The van der Waals surface area contributed by atoms with Crippen LogP contribution >= 0.6 is 0 Å². The van der Waals surface area contributed by atoms with Gasteiger partial charge in [-0.25, -0.2) is 14.8 Å². The van der Waals surface area contributed by atoms with Crippen LogP contribution in [0.5, 0.6) is 0 Å². The van der Waals surface area contributed by atoms with E-state index >= 15 is 0 Å². The summed E-state index contributed by atoms with van der Waals surface area (Å²) in [4.78, 5) is 20.0. The second-order valence-electron chi connectivity index (χ2n) is 6.83. The van der Waals surface area contributed by atoms with Gasteiger partial charge in [-0.2, -0.15) is 6.07 Å². The number of rotatable bonds is 5. The normalized spacial score (nSPS) is 17.4. The molecule has 2 atom stereocenters. The summed E-state index contributed by atoms with van der Waals surface area (Å²) in [5.74, 6) is -1.25. The van der Waals surface area contributed by atoms with Crippen LogP contribution in [-0.4, -0.2) is 28.2 Å². The van der Waals surface area contributed by atoms with E-state index in [1.54, 1.807) is 12.4 Å². The summed E-state index contributed by atoms with van der Waals surface area (Å²) in [5.41, 5.74) is 0.588. The number of carbonyl (C=O) groups excluding carboxylic acids is 1. The van der Waals surface area contributed by atoms with E-state index in [1.807, 2.05) is 13.8 Å². The average molecular weight is 598 g/mol. The van der Waals surface area contributed by atoms with Gasteiger partial charge in [-0.1, -0.05) is 0 Å². The number of hydrogen-bond acceptors (Lipinski definition) is 6. The van der Waals surface area contributed by atoms with E-state index in [1.165, 1.54) is 0 Å². The van der Waals surface area contributed by atoms with Crippen molar-refractivity contribution in [2.45, 2.75) is 51.2 Å². The van der Waals surface area contributed by atoms with Crippen molar-refractivity contribution in [2.75, 3.05) is 5.32 Å². The van der Waals surface area contributed by atoms with Crippen LogP contribution in [0.25, 0.3) is 6.15 Å². The number of hydrogen-bond donors (Lipinski definition) is 2. The third-order valence-corrected chi connectivity index (χ3v) is 4.34. The average Bonchev–Trinajstić information content (AvgIpc) is 3.14. The number of amides is 1. The van der Waals surface area contributed by atoms with Crippen LogP contribution in [0.4, 0.5) is 25.2 Å². The molecule has 1 aromatic heterocycles. The topological polar surface area (TPSA) is 127 Å². The number of anilines is 2. The summed E-state index contributed by atoms with van der Waals surface area (Å²) in [6.07, 6.45) is 5.02. The first-order valence-electron chi connectivity index (χ1n) is 8.98. The van der Waals surface area contributed by atoms with Crippen LogP contribution in [0, 0.1) is 17.7 Å². The van der Waals surface area contributed by atoms with Crippen LogP contribution in [-0.2, 0) is 26.8 Å². The maximum absolute atomic E-state index is 13.7. The molecule has 0 aliphatic heterocycles. The molecule has 11 heteroatoms. The zero-order valence-electron chi connectivity index (χ0n) is 16.5. The molecule has 0 spiro atoms. The molecule has 1 saturated carbocycles. The summed E-state index contributed by atoms with van der Waals surface area (Å²) >= 11 is 0.611. The molecule has 4 N–H and O–H groups in total. The van der Waals surface area contributed by atoms with Crippen molar-refractivity contribution in [1.29, 1.82) is 0 Å². The van der Waals surface area contributed by atoms with Gasteiger partial charge in [0.05, 0.1) is 0 Å². The van der Waals surface area contributed by atoms with Crippen LogP contribution in [0.1, 0.15) is 44.6 Å². The fraction of sp³-hybridized carbons (Fsp3) is 0.421. The van der Waals surface area contributed by atoms with Gasteiger partial charge in [-0.3, -0.25) is 8.78 Å². The van der Waals surface area contributed by atoms with E-state index in [0.717, 1.165) is 30.5 Å². The van der Waals surface area contributed by atoms with Crippen molar-refractivity contribution in [2.24, 2.45) is 0 Å². The second kappa shape index (κ2) is 12.4. The molecule has 1 aliphatic carbocycles. The standard InChI is InChI=1S/C19H21F2N4O2.H2N.O.Os/c1-11(2)24-19(26)27-14-7-6-12(8-14)13-9-22-18(23-10-13)25-17-15(20)4-3-5-16(17)21;;;/h4-5,9-12,14H,6-8H2,1-2H3,(H,24,26)(H,22,23,25);1H2;;/q2*-1;;/t12-,14+;;;/m0.../s1. The number of nitrogens with one attached hydrogen (secondary N) is 2. The molecule has 0 bridgehead atoms. The van der Waals surface area contributed by atoms with Crippen molar-refractivity contribution in [3.05, 3.63) is 53.9 Å². The Balaban J connectivity index is 0.00000146. The Labute approximate surface area is 184 Å². The number of aromatic nitrogens is 2. The van der Waals surface area contributed by atoms with Gasteiger partial charge in [0.2, 0.25) is 5.95 Å². The number of alkyl carbamates (subject to hydrolysis) is 1. The van der Waals surface area contributed by atoms with Crippen LogP contribution in [0.3, 0.4) is 0 Å².